The van der Waals surface area contributed by atoms with E-state index in [0.29, 0.717) is 12.1 Å². The number of aromatic nitrogens is 1. The third kappa shape index (κ3) is 5.85. The van der Waals surface area contributed by atoms with Gasteiger partial charge in [0.05, 0.1) is 31.1 Å². The second-order valence-corrected chi connectivity index (χ2v) is 9.11. The molecule has 4 aromatic carbocycles. The van der Waals surface area contributed by atoms with Gasteiger partial charge in [-0.1, -0.05) is 42.5 Å². The lowest BCUT2D eigenvalue weighted by Gasteiger charge is -2.28. The maximum absolute atomic E-state index is 12.8. The lowest BCUT2D eigenvalue weighted by Crippen LogP contribution is -2.24. The number of benzene rings is 4. The molecule has 1 N–H and O–H groups in total. The van der Waals surface area contributed by atoms with E-state index in [4.69, 9.17) is 9.47 Å². The number of ether oxygens (including phenoxy) is 2. The van der Waals surface area contributed by atoms with Gasteiger partial charge in [-0.05, 0) is 73.0 Å². The first-order chi connectivity index (χ1) is 19.2. The van der Waals surface area contributed by atoms with Gasteiger partial charge in [0.2, 0.25) is 0 Å². The predicted octanol–water partition coefficient (Wildman–Crippen LogP) is 7.08. The van der Waals surface area contributed by atoms with Crippen LogP contribution in [0.25, 0.3) is 10.9 Å². The molecule has 0 aliphatic rings. The molecular formula is C33H31N3O3. The Morgan fingerprint density at radius 2 is 1.59 bits per heavy atom. The van der Waals surface area contributed by atoms with Gasteiger partial charge < -0.3 is 19.7 Å². The van der Waals surface area contributed by atoms with Crippen LogP contribution in [0.4, 0.5) is 17.1 Å². The summed E-state index contributed by atoms with van der Waals surface area (Å²) >= 11 is 0. The van der Waals surface area contributed by atoms with Gasteiger partial charge in [-0.3, -0.25) is 9.78 Å². The zero-order valence-corrected chi connectivity index (χ0v) is 22.1. The van der Waals surface area contributed by atoms with Gasteiger partial charge in [-0.2, -0.15) is 0 Å². The lowest BCUT2D eigenvalue weighted by atomic mass is 10.1. The number of nitrogens with one attached hydrogen (secondary N) is 1. The first-order valence-electron chi connectivity index (χ1n) is 13.0. The van der Waals surface area contributed by atoms with Crippen molar-refractivity contribution in [3.8, 4) is 11.5 Å². The molecule has 5 aromatic rings. The van der Waals surface area contributed by atoms with Crippen molar-refractivity contribution in [1.82, 2.24) is 10.3 Å². The van der Waals surface area contributed by atoms with Crippen LogP contribution in [0.15, 0.2) is 109 Å². The number of aryl methyl sites for hydroxylation is 1. The number of carbonyl (C=O) groups is 1. The van der Waals surface area contributed by atoms with Crippen molar-refractivity contribution in [2.45, 2.75) is 12.8 Å². The van der Waals surface area contributed by atoms with Crippen LogP contribution in [-0.4, -0.2) is 31.7 Å². The Morgan fingerprint density at radius 3 is 2.36 bits per heavy atom. The average Bonchev–Trinajstić information content (AvgIpc) is 3.00. The number of methoxy groups -OCH3 is 2. The summed E-state index contributed by atoms with van der Waals surface area (Å²) in [5.41, 5.74) is 5.41. The first-order valence-corrected chi connectivity index (χ1v) is 13.0. The van der Waals surface area contributed by atoms with Crippen molar-refractivity contribution in [2.24, 2.45) is 0 Å². The van der Waals surface area contributed by atoms with Crippen LogP contribution in [0.3, 0.4) is 0 Å². The molecule has 6 heteroatoms. The summed E-state index contributed by atoms with van der Waals surface area (Å²) in [5, 5.41) is 4.00. The molecular weight excluding hydrogens is 486 g/mol. The van der Waals surface area contributed by atoms with E-state index in [1.807, 2.05) is 91.0 Å². The van der Waals surface area contributed by atoms with E-state index in [-0.39, 0.29) is 5.91 Å². The molecule has 0 fully saturated rings. The van der Waals surface area contributed by atoms with Crippen LogP contribution in [0.1, 0.15) is 22.3 Å². The Morgan fingerprint density at radius 1 is 0.821 bits per heavy atom. The zero-order valence-electron chi connectivity index (χ0n) is 22.1. The molecule has 1 amide bonds. The van der Waals surface area contributed by atoms with Crippen LogP contribution in [0.2, 0.25) is 0 Å². The van der Waals surface area contributed by atoms with E-state index in [0.717, 1.165) is 52.3 Å². The minimum atomic E-state index is -0.0834. The summed E-state index contributed by atoms with van der Waals surface area (Å²) in [6, 6.07) is 33.7. The second kappa shape index (κ2) is 12.1. The Labute approximate surface area is 228 Å². The van der Waals surface area contributed by atoms with Gasteiger partial charge in [0, 0.05) is 35.4 Å². The van der Waals surface area contributed by atoms with E-state index in [2.05, 4.69) is 27.3 Å². The van der Waals surface area contributed by atoms with E-state index >= 15 is 0 Å². The highest BCUT2D eigenvalue weighted by atomic mass is 16.5. The molecule has 0 radical (unpaired) electrons. The Hall–Kier alpha value is -4.84. The van der Waals surface area contributed by atoms with E-state index in [9.17, 15) is 4.79 Å². The summed E-state index contributed by atoms with van der Waals surface area (Å²) in [5.74, 6) is 1.39. The number of nitrogens with zero attached hydrogens (tertiary/aromatic N) is 2. The number of hydrogen-bond acceptors (Lipinski definition) is 5. The zero-order chi connectivity index (χ0) is 27.0. The molecule has 5 rings (SSSR count). The van der Waals surface area contributed by atoms with Gasteiger partial charge in [-0.25, -0.2) is 0 Å². The number of para-hydroxylation sites is 2. The topological polar surface area (TPSA) is 63.7 Å². The fraction of sp³-hybridized carbons (Fsp3) is 0.152. The van der Waals surface area contributed by atoms with Crippen LogP contribution in [0, 0.1) is 0 Å². The minimum Gasteiger partial charge on any atom is -0.497 e. The maximum Gasteiger partial charge on any atom is 0.251 e. The fourth-order valence-corrected chi connectivity index (χ4v) is 4.66. The van der Waals surface area contributed by atoms with Crippen molar-refractivity contribution in [3.05, 3.63) is 120 Å². The highest BCUT2D eigenvalue weighted by Crippen LogP contribution is 2.42. The van der Waals surface area contributed by atoms with Crippen molar-refractivity contribution in [3.63, 3.8) is 0 Å². The van der Waals surface area contributed by atoms with E-state index in [1.54, 1.807) is 20.4 Å². The molecule has 0 spiro atoms. The van der Waals surface area contributed by atoms with Crippen LogP contribution >= 0.6 is 0 Å². The highest BCUT2D eigenvalue weighted by Gasteiger charge is 2.19. The normalized spacial score (nSPS) is 10.7. The van der Waals surface area contributed by atoms with Crippen molar-refractivity contribution < 1.29 is 14.3 Å². The summed E-state index contributed by atoms with van der Waals surface area (Å²) < 4.78 is 11.1. The number of pyridine rings is 1. The van der Waals surface area contributed by atoms with Gasteiger partial charge in [0.25, 0.3) is 5.91 Å². The van der Waals surface area contributed by atoms with Gasteiger partial charge in [0.1, 0.15) is 11.5 Å². The number of hydrogen-bond donors (Lipinski definition) is 1. The highest BCUT2D eigenvalue weighted by molar-refractivity contribution is 5.99. The monoisotopic (exact) mass is 517 g/mol. The number of anilines is 3. The van der Waals surface area contributed by atoms with Gasteiger partial charge >= 0.3 is 0 Å². The maximum atomic E-state index is 12.8. The standard InChI is InChI=1S/C33H31N3O3/c1-38-27-18-19-28-29(23-27)34-22-20-30(28)36(31-12-6-7-13-32(31)39-2)26-16-14-25(15-17-26)33(37)35-21-8-11-24-9-4-3-5-10-24/h3-7,9-10,12-20,22-23H,8,11,21H2,1-2H3,(H,35,37). The van der Waals surface area contributed by atoms with Gasteiger partial charge in [0.15, 0.2) is 0 Å². The lowest BCUT2D eigenvalue weighted by molar-refractivity contribution is 0.0953. The Kier molecular flexibility index (Phi) is 8.03. The predicted molar refractivity (Wildman–Crippen MR) is 157 cm³/mol. The molecule has 0 unspecified atom stereocenters. The van der Waals surface area contributed by atoms with Gasteiger partial charge in [-0.15, -0.1) is 0 Å². The molecule has 0 aliphatic carbocycles. The average molecular weight is 518 g/mol. The molecule has 39 heavy (non-hydrogen) atoms. The third-order valence-corrected chi connectivity index (χ3v) is 6.65. The summed E-state index contributed by atoms with van der Waals surface area (Å²) in [6.45, 7) is 0.620. The number of fused-ring (bicyclic) bond motifs is 1. The molecule has 1 heterocycles. The van der Waals surface area contributed by atoms with Crippen LogP contribution < -0.4 is 19.7 Å². The van der Waals surface area contributed by atoms with E-state index < -0.39 is 0 Å². The number of amides is 1. The molecule has 196 valence electrons. The Bertz CT molecular complexity index is 1550. The largest absolute Gasteiger partial charge is 0.497 e. The molecule has 6 nitrogen and oxygen atoms in total. The summed E-state index contributed by atoms with van der Waals surface area (Å²) in [6.07, 6.45) is 3.60. The smallest absolute Gasteiger partial charge is 0.251 e. The quantitative estimate of drug-likeness (QED) is 0.201. The SMILES string of the molecule is COc1ccc2c(N(c3ccc(C(=O)NCCCc4ccccc4)cc3)c3ccccc3OC)ccnc2c1. The van der Waals surface area contributed by atoms with E-state index in [1.165, 1.54) is 5.56 Å². The fourth-order valence-electron chi connectivity index (χ4n) is 4.66. The summed E-state index contributed by atoms with van der Waals surface area (Å²) in [7, 11) is 3.31. The second-order valence-electron chi connectivity index (χ2n) is 9.11. The number of carbonyl (C=O) groups excluding carboxylic acids is 1. The van der Waals surface area contributed by atoms with Crippen molar-refractivity contribution >= 4 is 33.9 Å². The molecule has 0 saturated carbocycles. The van der Waals surface area contributed by atoms with Crippen LogP contribution in [-0.2, 0) is 6.42 Å². The molecule has 1 aromatic heterocycles. The van der Waals surface area contributed by atoms with Crippen molar-refractivity contribution in [2.75, 3.05) is 25.7 Å². The minimum absolute atomic E-state index is 0.0834. The third-order valence-electron chi connectivity index (χ3n) is 6.65. The van der Waals surface area contributed by atoms with Crippen LogP contribution in [0.5, 0.6) is 11.5 Å². The number of rotatable bonds is 10. The molecule has 0 aliphatic heterocycles. The summed E-state index contributed by atoms with van der Waals surface area (Å²) in [4.78, 5) is 19.5. The first kappa shape index (κ1) is 25.8. The van der Waals surface area contributed by atoms with Crippen molar-refractivity contribution in [1.29, 1.82) is 0 Å². The Balaban J connectivity index is 1.42. The molecule has 0 atom stereocenters. The molecule has 0 bridgehead atoms. The molecule has 0 saturated heterocycles.